The van der Waals surface area contributed by atoms with Crippen LogP contribution in [0.4, 0.5) is 0 Å². The van der Waals surface area contributed by atoms with Gasteiger partial charge in [-0.25, -0.2) is 19.7 Å². The summed E-state index contributed by atoms with van der Waals surface area (Å²) in [5, 5.41) is 4.91. The first kappa shape index (κ1) is 18.7. The molecular weight excluding hydrogens is 350 g/mol. The average Bonchev–Trinajstić information content (AvgIpc) is 3.09. The van der Waals surface area contributed by atoms with E-state index in [1.165, 1.54) is 13.4 Å². The molecule has 3 aromatic heterocycles. The Balaban J connectivity index is 1.95. The van der Waals surface area contributed by atoms with Crippen LogP contribution in [0.15, 0.2) is 30.9 Å². The summed E-state index contributed by atoms with van der Waals surface area (Å²) >= 11 is 0. The summed E-state index contributed by atoms with van der Waals surface area (Å²) in [5.41, 5.74) is 1.47. The van der Waals surface area contributed by atoms with Crippen LogP contribution in [-0.2, 0) is 14.3 Å². The van der Waals surface area contributed by atoms with E-state index < -0.39 is 12.1 Å². The van der Waals surface area contributed by atoms with E-state index in [4.69, 9.17) is 14.2 Å². The zero-order chi connectivity index (χ0) is 19.4. The highest BCUT2D eigenvalue weighted by Gasteiger charge is 2.25. The van der Waals surface area contributed by atoms with Crippen molar-refractivity contribution in [1.82, 2.24) is 24.7 Å². The van der Waals surface area contributed by atoms with Gasteiger partial charge in [-0.2, -0.15) is 9.78 Å². The van der Waals surface area contributed by atoms with Gasteiger partial charge >= 0.3 is 5.97 Å². The van der Waals surface area contributed by atoms with Crippen molar-refractivity contribution < 1.29 is 19.0 Å². The Morgan fingerprint density at radius 2 is 2.07 bits per heavy atom. The molecule has 27 heavy (non-hydrogen) atoms. The van der Waals surface area contributed by atoms with Crippen LogP contribution in [-0.4, -0.2) is 56.6 Å². The third-order valence-electron chi connectivity index (χ3n) is 3.81. The number of hydrogen-bond acceptors (Lipinski definition) is 8. The number of carbonyl (C=O) groups is 1. The van der Waals surface area contributed by atoms with E-state index in [1.54, 1.807) is 17.1 Å². The second kappa shape index (κ2) is 8.09. The molecule has 3 rings (SSSR count). The molecule has 0 aliphatic heterocycles. The molecule has 0 saturated carbocycles. The summed E-state index contributed by atoms with van der Waals surface area (Å²) in [7, 11) is 1.30. The number of ether oxygens (including phenoxy) is 3. The summed E-state index contributed by atoms with van der Waals surface area (Å²) in [6.07, 6.45) is 3.61. The summed E-state index contributed by atoms with van der Waals surface area (Å²) < 4.78 is 17.7. The molecule has 9 heteroatoms. The molecule has 3 heterocycles. The molecule has 0 aliphatic rings. The lowest BCUT2D eigenvalue weighted by atomic mass is 10.3. The Morgan fingerprint density at radius 1 is 1.26 bits per heavy atom. The van der Waals surface area contributed by atoms with E-state index in [2.05, 4.69) is 20.1 Å². The van der Waals surface area contributed by atoms with E-state index in [0.717, 1.165) is 5.56 Å². The average molecular weight is 371 g/mol. The third-order valence-corrected chi connectivity index (χ3v) is 3.81. The molecule has 0 spiro atoms. The number of pyridine rings is 1. The van der Waals surface area contributed by atoms with Crippen molar-refractivity contribution >= 4 is 17.0 Å². The Kier molecular flexibility index (Phi) is 5.60. The molecule has 0 bridgehead atoms. The van der Waals surface area contributed by atoms with Crippen molar-refractivity contribution in [3.63, 3.8) is 0 Å². The van der Waals surface area contributed by atoms with Gasteiger partial charge in [0.2, 0.25) is 12.0 Å². The fourth-order valence-corrected chi connectivity index (χ4v) is 2.47. The zero-order valence-electron chi connectivity index (χ0n) is 15.6. The van der Waals surface area contributed by atoms with E-state index in [1.807, 2.05) is 32.9 Å². The molecule has 3 aromatic rings. The number of aromatic nitrogens is 5. The van der Waals surface area contributed by atoms with E-state index in [0.29, 0.717) is 16.9 Å². The van der Waals surface area contributed by atoms with Crippen LogP contribution in [0.1, 0.15) is 19.4 Å². The summed E-state index contributed by atoms with van der Waals surface area (Å²) in [5.74, 6) is 0.336. The van der Waals surface area contributed by atoms with Crippen molar-refractivity contribution in [3.05, 3.63) is 36.4 Å². The highest BCUT2D eigenvalue weighted by Crippen LogP contribution is 2.24. The Morgan fingerprint density at radius 3 is 2.78 bits per heavy atom. The van der Waals surface area contributed by atoms with Gasteiger partial charge in [-0.15, -0.1) is 0 Å². The number of carbonyl (C=O) groups excluding carboxylic acids is 1. The first-order valence-electron chi connectivity index (χ1n) is 8.48. The monoisotopic (exact) mass is 371 g/mol. The summed E-state index contributed by atoms with van der Waals surface area (Å²) in [6, 6.07) is 3.79. The molecule has 0 unspecified atom stereocenters. The second-order valence-corrected chi connectivity index (χ2v) is 6.13. The maximum Gasteiger partial charge on any atom is 0.349 e. The van der Waals surface area contributed by atoms with Gasteiger partial charge in [0.25, 0.3) is 0 Å². The number of rotatable bonds is 7. The smallest absolute Gasteiger partial charge is 0.349 e. The zero-order valence-corrected chi connectivity index (χ0v) is 15.6. The van der Waals surface area contributed by atoms with Crippen LogP contribution < -0.4 is 4.74 Å². The fourth-order valence-electron chi connectivity index (χ4n) is 2.47. The molecular formula is C18H21N5O4. The standard InChI is InChI=1S/C18H21N5O4/c1-11(2)26-9-14(18(24)25-4)27-17-13-8-22-23(16(13)20-10-21-17)15-12(3)6-5-7-19-15/h5-8,10-11,14H,9H2,1-4H3/t14-/m0/s1. The first-order valence-corrected chi connectivity index (χ1v) is 8.48. The molecule has 0 radical (unpaired) electrons. The molecule has 142 valence electrons. The molecule has 9 nitrogen and oxygen atoms in total. The van der Waals surface area contributed by atoms with Crippen LogP contribution >= 0.6 is 0 Å². The summed E-state index contributed by atoms with van der Waals surface area (Å²) in [6.45, 7) is 5.72. The Labute approximate surface area is 156 Å². The molecule has 0 aliphatic carbocycles. The van der Waals surface area contributed by atoms with Gasteiger partial charge in [-0.3, -0.25) is 0 Å². The van der Waals surface area contributed by atoms with Gasteiger partial charge in [0.1, 0.15) is 11.7 Å². The highest BCUT2D eigenvalue weighted by atomic mass is 16.6. The van der Waals surface area contributed by atoms with Gasteiger partial charge in [0.05, 0.1) is 26.0 Å². The van der Waals surface area contributed by atoms with Crippen LogP contribution in [0.3, 0.4) is 0 Å². The molecule has 0 amide bonds. The molecule has 0 aromatic carbocycles. The van der Waals surface area contributed by atoms with Crippen molar-refractivity contribution in [2.75, 3.05) is 13.7 Å². The van der Waals surface area contributed by atoms with Gasteiger partial charge in [0.15, 0.2) is 11.5 Å². The fraction of sp³-hybridized carbons (Fsp3) is 0.389. The van der Waals surface area contributed by atoms with Gasteiger partial charge < -0.3 is 14.2 Å². The minimum Gasteiger partial charge on any atom is -0.466 e. The minimum atomic E-state index is -0.949. The van der Waals surface area contributed by atoms with Crippen LogP contribution in [0.25, 0.3) is 16.9 Å². The minimum absolute atomic E-state index is 0.0450. The second-order valence-electron chi connectivity index (χ2n) is 6.13. The third kappa shape index (κ3) is 4.03. The van der Waals surface area contributed by atoms with Crippen LogP contribution in [0.5, 0.6) is 5.88 Å². The van der Waals surface area contributed by atoms with Crippen molar-refractivity contribution in [2.45, 2.75) is 33.0 Å². The predicted octanol–water partition coefficient (Wildman–Crippen LogP) is 1.86. The number of fused-ring (bicyclic) bond motifs is 1. The number of nitrogens with zero attached hydrogens (tertiary/aromatic N) is 5. The molecule has 0 saturated heterocycles. The van der Waals surface area contributed by atoms with Crippen molar-refractivity contribution in [2.24, 2.45) is 0 Å². The van der Waals surface area contributed by atoms with Crippen molar-refractivity contribution in [3.8, 4) is 11.7 Å². The predicted molar refractivity (Wildman–Crippen MR) is 96.7 cm³/mol. The normalized spacial score (nSPS) is 12.3. The largest absolute Gasteiger partial charge is 0.466 e. The highest BCUT2D eigenvalue weighted by molar-refractivity contribution is 5.82. The maximum atomic E-state index is 12.0. The van der Waals surface area contributed by atoms with Gasteiger partial charge in [-0.1, -0.05) is 6.07 Å². The van der Waals surface area contributed by atoms with Crippen LogP contribution in [0.2, 0.25) is 0 Å². The topological polar surface area (TPSA) is 101 Å². The number of hydrogen-bond donors (Lipinski definition) is 0. The lowest BCUT2D eigenvalue weighted by Crippen LogP contribution is -2.34. The van der Waals surface area contributed by atoms with Gasteiger partial charge in [-0.05, 0) is 32.4 Å². The van der Waals surface area contributed by atoms with Gasteiger partial charge in [0, 0.05) is 6.20 Å². The Bertz CT molecular complexity index is 940. The summed E-state index contributed by atoms with van der Waals surface area (Å²) in [4.78, 5) is 24.8. The number of methoxy groups -OCH3 is 1. The molecule has 0 fully saturated rings. The van der Waals surface area contributed by atoms with E-state index in [-0.39, 0.29) is 18.6 Å². The quantitative estimate of drug-likeness (QED) is 0.580. The molecule has 1 atom stereocenters. The lowest BCUT2D eigenvalue weighted by molar-refractivity contribution is -0.152. The first-order chi connectivity index (χ1) is 13.0. The molecule has 0 N–H and O–H groups in total. The van der Waals surface area contributed by atoms with E-state index in [9.17, 15) is 4.79 Å². The van der Waals surface area contributed by atoms with Crippen LogP contribution in [0, 0.1) is 6.92 Å². The Hall–Kier alpha value is -3.07. The van der Waals surface area contributed by atoms with Crippen molar-refractivity contribution in [1.29, 1.82) is 0 Å². The number of aryl methyl sites for hydroxylation is 1. The lowest BCUT2D eigenvalue weighted by Gasteiger charge is -2.18. The van der Waals surface area contributed by atoms with E-state index >= 15 is 0 Å². The maximum absolute atomic E-state index is 12.0. The SMILES string of the molecule is COC(=O)[C@H](COC(C)C)Oc1ncnc2c1cnn2-c1ncccc1C. The number of esters is 1.